The number of ketones is 1. The molecule has 0 spiro atoms. The van der Waals surface area contributed by atoms with E-state index in [1.807, 2.05) is 0 Å². The van der Waals surface area contributed by atoms with E-state index in [0.29, 0.717) is 5.57 Å². The fraction of sp³-hybridized carbons (Fsp3) is 0.719. The lowest BCUT2D eigenvalue weighted by atomic mass is 9.36. The Hall–Kier alpha value is -2.12. The van der Waals surface area contributed by atoms with Gasteiger partial charge in [-0.1, -0.05) is 27.7 Å². The highest BCUT2D eigenvalue weighted by atomic mass is 16.7. The smallest absolute Gasteiger partial charge is 0.336 e. The topological polar surface area (TPSA) is 165 Å². The summed E-state index contributed by atoms with van der Waals surface area (Å²) >= 11 is 0. The molecule has 1 aliphatic heterocycles. The molecule has 4 aliphatic rings. The van der Waals surface area contributed by atoms with Gasteiger partial charge in [-0.25, -0.2) is 4.79 Å². The molecule has 3 fully saturated rings. The number of aliphatic hydroxyl groups is 4. The monoisotopic (exact) mass is 604 g/mol. The molecule has 3 aliphatic carbocycles. The summed E-state index contributed by atoms with van der Waals surface area (Å²) in [6.45, 7) is 16.2. The van der Waals surface area contributed by atoms with Gasteiger partial charge >= 0.3 is 5.97 Å². The van der Waals surface area contributed by atoms with Crippen molar-refractivity contribution in [3.63, 3.8) is 0 Å². The van der Waals surface area contributed by atoms with Gasteiger partial charge in [-0.3, -0.25) is 4.79 Å². The summed E-state index contributed by atoms with van der Waals surface area (Å²) in [4.78, 5) is 27.9. The summed E-state index contributed by atoms with van der Waals surface area (Å²) in [5, 5.41) is 47.8. The molecule has 2 heterocycles. The number of furan rings is 1. The highest BCUT2D eigenvalue weighted by molar-refractivity contribution is 5.94. The largest absolute Gasteiger partial charge is 0.469 e. The Bertz CT molecular complexity index is 1290. The van der Waals surface area contributed by atoms with Crippen molar-refractivity contribution in [1.29, 1.82) is 0 Å². The maximum atomic E-state index is 14.7. The fourth-order valence-corrected chi connectivity index (χ4v) is 8.83. The number of carbonyl (C=O) groups is 2. The summed E-state index contributed by atoms with van der Waals surface area (Å²) < 4.78 is 28.0. The van der Waals surface area contributed by atoms with Crippen LogP contribution in [-0.4, -0.2) is 94.4 Å². The number of esters is 1. The fourth-order valence-electron chi connectivity index (χ4n) is 8.83. The van der Waals surface area contributed by atoms with Crippen LogP contribution < -0.4 is 0 Å². The average molecular weight is 605 g/mol. The first-order valence-corrected chi connectivity index (χ1v) is 14.7. The van der Waals surface area contributed by atoms with E-state index in [4.69, 9.17) is 30.3 Å². The Morgan fingerprint density at radius 2 is 1.88 bits per heavy atom. The second-order valence-corrected chi connectivity index (χ2v) is 13.7. The molecule has 8 unspecified atom stereocenters. The van der Waals surface area contributed by atoms with Crippen LogP contribution in [0.1, 0.15) is 66.1 Å². The van der Waals surface area contributed by atoms with E-state index in [1.54, 1.807) is 47.6 Å². The quantitative estimate of drug-likeness (QED) is 0.204. The molecule has 2 radical (unpaired) electrons. The number of carbonyl (C=O) groups excluding carboxylic acids is 2. The number of aliphatic hydroxyl groups excluding tert-OH is 2. The van der Waals surface area contributed by atoms with Gasteiger partial charge < -0.3 is 43.8 Å². The third kappa shape index (κ3) is 4.05. The van der Waals surface area contributed by atoms with Crippen molar-refractivity contribution in [1.82, 2.24) is 0 Å². The van der Waals surface area contributed by atoms with E-state index in [2.05, 4.69) is 0 Å². The van der Waals surface area contributed by atoms with Crippen LogP contribution >= 0.6 is 0 Å². The zero-order valence-corrected chi connectivity index (χ0v) is 25.8. The standard InChI is InChI=1S/C32H44O11/c1-16-20(43-27(36)24(33)17(2)19-10-9-11-40-19)13-31(37)18(3)30(7)29(6,26(35)25(34)23(16)28(31,4)5)21(42-15-39-8)12-22-32(30,38)14-41-22/h2,9-11,17-18,20-22,24-25,33-34,37-38H,12-15H2,1,3-8H3/t17-,18-,20?,21?,22?,24?,25?,29-,30?,31?,32?/m0/s1. The zero-order valence-electron chi connectivity index (χ0n) is 25.8. The van der Waals surface area contributed by atoms with Crippen LogP contribution in [0, 0.1) is 29.1 Å². The van der Waals surface area contributed by atoms with Gasteiger partial charge in [0.1, 0.15) is 30.4 Å². The van der Waals surface area contributed by atoms with Crippen molar-refractivity contribution >= 4 is 11.8 Å². The number of ether oxygens (including phenoxy) is 4. The Balaban J connectivity index is 1.63. The zero-order chi connectivity index (χ0) is 31.9. The Morgan fingerprint density at radius 1 is 1.21 bits per heavy atom. The highest BCUT2D eigenvalue weighted by Gasteiger charge is 2.80. The molecule has 2 bridgehead atoms. The molecule has 11 heteroatoms. The summed E-state index contributed by atoms with van der Waals surface area (Å²) in [7, 11) is 1.46. The number of hydrogen-bond acceptors (Lipinski definition) is 11. The van der Waals surface area contributed by atoms with Gasteiger partial charge in [0.2, 0.25) is 0 Å². The van der Waals surface area contributed by atoms with E-state index in [1.165, 1.54) is 19.4 Å². The van der Waals surface area contributed by atoms with Crippen LogP contribution in [0.4, 0.5) is 0 Å². The number of fused-ring (bicyclic) bond motifs is 5. The SMILES string of the molecule is [CH][C@@H](c1ccco1)C(O)C(=O)OC1CC2(O)[C@@H](C)C3(C)C4(O)COC4CC(OCOC)[C@@]3(C)C(=O)C(O)C(=C1C)C2(C)C. The second kappa shape index (κ2) is 10.5. The van der Waals surface area contributed by atoms with Crippen LogP contribution in [0.3, 0.4) is 0 Å². The van der Waals surface area contributed by atoms with Gasteiger partial charge in [-0.15, -0.1) is 0 Å². The van der Waals surface area contributed by atoms with Crippen molar-refractivity contribution < 1.29 is 53.4 Å². The minimum absolute atomic E-state index is 0.0675. The van der Waals surface area contributed by atoms with Crippen molar-refractivity contribution in [2.45, 2.75) is 102 Å². The van der Waals surface area contributed by atoms with Crippen molar-refractivity contribution in [3.05, 3.63) is 42.2 Å². The molecular weight excluding hydrogens is 560 g/mol. The molecule has 4 N–H and O–H groups in total. The minimum atomic E-state index is -1.78. The van der Waals surface area contributed by atoms with Crippen LogP contribution in [0.15, 0.2) is 34.0 Å². The molecule has 2 saturated carbocycles. The first kappa shape index (κ1) is 32.3. The van der Waals surface area contributed by atoms with Crippen LogP contribution in [-0.2, 0) is 28.5 Å². The van der Waals surface area contributed by atoms with Crippen molar-refractivity contribution in [2.75, 3.05) is 20.5 Å². The van der Waals surface area contributed by atoms with E-state index in [9.17, 15) is 30.0 Å². The molecule has 1 saturated heterocycles. The predicted octanol–water partition coefficient (Wildman–Crippen LogP) is 1.94. The van der Waals surface area contributed by atoms with Gasteiger partial charge in [-0.05, 0) is 50.0 Å². The maximum absolute atomic E-state index is 14.7. The average Bonchev–Trinajstić information content (AvgIpc) is 3.50. The number of methoxy groups -OCH3 is 1. The van der Waals surface area contributed by atoms with Gasteiger partial charge in [0, 0.05) is 30.8 Å². The van der Waals surface area contributed by atoms with Crippen molar-refractivity contribution in [3.8, 4) is 0 Å². The molecule has 5 rings (SSSR count). The molecule has 11 nitrogen and oxygen atoms in total. The lowest BCUT2D eigenvalue weighted by Crippen LogP contribution is -2.83. The summed E-state index contributed by atoms with van der Waals surface area (Å²) in [5.41, 5.74) is -6.78. The Morgan fingerprint density at radius 3 is 2.44 bits per heavy atom. The highest BCUT2D eigenvalue weighted by Crippen LogP contribution is 2.70. The van der Waals surface area contributed by atoms with E-state index in [0.717, 1.165) is 0 Å². The Labute approximate surface area is 252 Å². The van der Waals surface area contributed by atoms with Gasteiger partial charge in [0.15, 0.2) is 11.9 Å². The van der Waals surface area contributed by atoms with E-state index >= 15 is 0 Å². The Kier molecular flexibility index (Phi) is 7.86. The van der Waals surface area contributed by atoms with E-state index in [-0.39, 0.29) is 37.6 Å². The van der Waals surface area contributed by atoms with Crippen LogP contribution in [0.25, 0.3) is 0 Å². The molecule has 11 atom stereocenters. The third-order valence-electron chi connectivity index (χ3n) is 12.0. The van der Waals surface area contributed by atoms with Crippen LogP contribution in [0.2, 0.25) is 0 Å². The molecule has 1 aromatic heterocycles. The maximum Gasteiger partial charge on any atom is 0.336 e. The van der Waals surface area contributed by atoms with Gasteiger partial charge in [0.05, 0.1) is 42.0 Å². The minimum Gasteiger partial charge on any atom is -0.469 e. The lowest BCUT2D eigenvalue weighted by Gasteiger charge is -2.72. The first-order valence-electron chi connectivity index (χ1n) is 14.7. The second-order valence-electron chi connectivity index (χ2n) is 13.7. The predicted molar refractivity (Wildman–Crippen MR) is 150 cm³/mol. The lowest BCUT2D eigenvalue weighted by molar-refractivity contribution is -0.377. The summed E-state index contributed by atoms with van der Waals surface area (Å²) in [6, 6.07) is 3.10. The summed E-state index contributed by atoms with van der Waals surface area (Å²) in [5.74, 6) is -3.48. The van der Waals surface area contributed by atoms with Gasteiger partial charge in [0.25, 0.3) is 0 Å². The molecule has 0 amide bonds. The number of hydrogen-bond donors (Lipinski definition) is 4. The summed E-state index contributed by atoms with van der Waals surface area (Å²) in [6.07, 6.45) is -4.72. The third-order valence-corrected chi connectivity index (χ3v) is 12.0. The van der Waals surface area contributed by atoms with Crippen LogP contribution in [0.5, 0.6) is 0 Å². The molecule has 238 valence electrons. The first-order chi connectivity index (χ1) is 19.9. The molecule has 0 aromatic carbocycles. The molecular formula is C32H44O11. The normalized spacial score (nSPS) is 43.4. The molecule has 1 aromatic rings. The van der Waals surface area contributed by atoms with Crippen molar-refractivity contribution in [2.24, 2.45) is 22.2 Å². The molecule has 43 heavy (non-hydrogen) atoms. The number of Topliss-reactive ketones (excluding diaryl/α,β-unsaturated/α-hetero) is 1. The van der Waals surface area contributed by atoms with E-state index < -0.39 is 81.6 Å². The van der Waals surface area contributed by atoms with Gasteiger partial charge in [-0.2, -0.15) is 0 Å². The number of rotatable bonds is 7.